The molecular weight excluding hydrogens is 383 g/mol. The van der Waals surface area contributed by atoms with E-state index < -0.39 is 5.60 Å². The van der Waals surface area contributed by atoms with E-state index in [1.165, 1.54) is 12.8 Å². The summed E-state index contributed by atoms with van der Waals surface area (Å²) in [5.41, 5.74) is 5.37. The predicted molar refractivity (Wildman–Crippen MR) is 94.0 cm³/mol. The Hall–Kier alpha value is -0.730. The van der Waals surface area contributed by atoms with Gasteiger partial charge in [-0.3, -0.25) is 4.99 Å². The third-order valence-corrected chi connectivity index (χ3v) is 3.39. The number of guanidine groups is 1. The standard InChI is InChI=1S/C14H26N4O2.HI/c1-14(2,3)20-13(19)18-7-6-10(9-18)8-16-12(15)17-11-4-5-11;/h10-11H,4-9H2,1-3H3,(H3,15,16,17);1H. The Morgan fingerprint density at radius 3 is 2.62 bits per heavy atom. The number of amides is 1. The summed E-state index contributed by atoms with van der Waals surface area (Å²) in [6, 6.07) is 0.528. The minimum absolute atomic E-state index is 0. The summed E-state index contributed by atoms with van der Waals surface area (Å²) in [6.45, 7) is 7.76. The van der Waals surface area contributed by atoms with Crippen molar-refractivity contribution in [3.63, 3.8) is 0 Å². The fourth-order valence-electron chi connectivity index (χ4n) is 2.18. The number of aliphatic imine (C=N–C) groups is 1. The number of nitrogens with zero attached hydrogens (tertiary/aromatic N) is 2. The maximum absolute atomic E-state index is 11.9. The molecule has 1 unspecified atom stereocenters. The van der Waals surface area contributed by atoms with Gasteiger partial charge in [0.1, 0.15) is 5.60 Å². The molecule has 0 aromatic rings. The highest BCUT2D eigenvalue weighted by atomic mass is 127. The zero-order chi connectivity index (χ0) is 14.8. The summed E-state index contributed by atoms with van der Waals surface area (Å²) < 4.78 is 5.37. The van der Waals surface area contributed by atoms with Crippen molar-refractivity contribution in [2.75, 3.05) is 19.6 Å². The molecule has 1 saturated carbocycles. The zero-order valence-electron chi connectivity index (χ0n) is 13.1. The molecular formula is C14H27IN4O2. The van der Waals surface area contributed by atoms with Gasteiger partial charge in [0.25, 0.3) is 0 Å². The second kappa shape index (κ2) is 7.51. The molecule has 0 aromatic heterocycles. The molecule has 1 aliphatic heterocycles. The highest BCUT2D eigenvalue weighted by Crippen LogP contribution is 2.20. The van der Waals surface area contributed by atoms with Crippen LogP contribution in [0.4, 0.5) is 4.79 Å². The van der Waals surface area contributed by atoms with Gasteiger partial charge in [0.05, 0.1) is 0 Å². The Bertz CT molecular complexity index is 391. The molecule has 1 aliphatic carbocycles. The van der Waals surface area contributed by atoms with Crippen LogP contribution >= 0.6 is 24.0 Å². The number of carbonyl (C=O) groups excluding carboxylic acids is 1. The third-order valence-electron chi connectivity index (χ3n) is 3.39. The molecule has 21 heavy (non-hydrogen) atoms. The lowest BCUT2D eigenvalue weighted by Gasteiger charge is -2.24. The SMILES string of the molecule is CC(C)(C)OC(=O)N1CCC(CN=C(N)NC2CC2)C1.I. The van der Waals surface area contributed by atoms with Gasteiger partial charge < -0.3 is 20.7 Å². The van der Waals surface area contributed by atoms with E-state index in [1.54, 1.807) is 4.90 Å². The molecule has 1 saturated heterocycles. The largest absolute Gasteiger partial charge is 0.444 e. The smallest absolute Gasteiger partial charge is 0.410 e. The molecule has 1 atom stereocenters. The van der Waals surface area contributed by atoms with E-state index >= 15 is 0 Å². The van der Waals surface area contributed by atoms with Crippen molar-refractivity contribution in [1.82, 2.24) is 10.2 Å². The average molecular weight is 410 g/mol. The van der Waals surface area contributed by atoms with Crippen molar-refractivity contribution in [2.45, 2.75) is 51.7 Å². The predicted octanol–water partition coefficient (Wildman–Crippen LogP) is 1.93. The highest BCUT2D eigenvalue weighted by molar-refractivity contribution is 14.0. The summed E-state index contributed by atoms with van der Waals surface area (Å²) in [4.78, 5) is 18.0. The van der Waals surface area contributed by atoms with E-state index in [0.717, 1.165) is 13.0 Å². The normalized spacial score (nSPS) is 22.7. The fraction of sp³-hybridized carbons (Fsp3) is 0.857. The number of hydrogen-bond acceptors (Lipinski definition) is 3. The molecule has 3 N–H and O–H groups in total. The van der Waals surface area contributed by atoms with Crippen molar-refractivity contribution >= 4 is 36.0 Å². The van der Waals surface area contributed by atoms with Gasteiger partial charge in [0.15, 0.2) is 5.96 Å². The van der Waals surface area contributed by atoms with E-state index in [1.807, 2.05) is 20.8 Å². The minimum atomic E-state index is -0.439. The topological polar surface area (TPSA) is 80.0 Å². The maximum Gasteiger partial charge on any atom is 0.410 e. The van der Waals surface area contributed by atoms with Crippen molar-refractivity contribution in [3.05, 3.63) is 0 Å². The second-order valence-electron chi connectivity index (χ2n) is 6.73. The molecule has 6 nitrogen and oxygen atoms in total. The highest BCUT2D eigenvalue weighted by Gasteiger charge is 2.29. The second-order valence-corrected chi connectivity index (χ2v) is 6.73. The van der Waals surface area contributed by atoms with Gasteiger partial charge in [-0.15, -0.1) is 24.0 Å². The van der Waals surface area contributed by atoms with Gasteiger partial charge >= 0.3 is 6.09 Å². The number of carbonyl (C=O) groups is 1. The summed E-state index contributed by atoms with van der Waals surface area (Å²) in [5, 5.41) is 3.17. The maximum atomic E-state index is 11.9. The van der Waals surface area contributed by atoms with Gasteiger partial charge in [-0.1, -0.05) is 0 Å². The van der Waals surface area contributed by atoms with E-state index in [4.69, 9.17) is 10.5 Å². The molecule has 0 spiro atoms. The van der Waals surface area contributed by atoms with Crippen LogP contribution in [0.25, 0.3) is 0 Å². The van der Waals surface area contributed by atoms with Crippen LogP contribution < -0.4 is 11.1 Å². The lowest BCUT2D eigenvalue weighted by Crippen LogP contribution is -2.36. The van der Waals surface area contributed by atoms with Gasteiger partial charge in [0.2, 0.25) is 0 Å². The van der Waals surface area contributed by atoms with Crippen LogP contribution in [0.1, 0.15) is 40.0 Å². The monoisotopic (exact) mass is 410 g/mol. The first kappa shape index (κ1) is 18.3. The molecule has 2 fully saturated rings. The molecule has 0 aromatic carbocycles. The summed E-state index contributed by atoms with van der Waals surface area (Å²) in [6.07, 6.45) is 3.10. The fourth-order valence-corrected chi connectivity index (χ4v) is 2.18. The molecule has 0 bridgehead atoms. The van der Waals surface area contributed by atoms with E-state index in [-0.39, 0.29) is 30.1 Å². The number of halogens is 1. The molecule has 2 aliphatic rings. The Labute approximate surface area is 143 Å². The summed E-state index contributed by atoms with van der Waals surface area (Å²) >= 11 is 0. The quantitative estimate of drug-likeness (QED) is 0.423. The molecule has 1 heterocycles. The van der Waals surface area contributed by atoms with E-state index in [0.29, 0.717) is 31.0 Å². The van der Waals surface area contributed by atoms with E-state index in [2.05, 4.69) is 10.3 Å². The third kappa shape index (κ3) is 6.71. The summed E-state index contributed by atoms with van der Waals surface area (Å²) in [7, 11) is 0. The van der Waals surface area contributed by atoms with Crippen LogP contribution in [0.5, 0.6) is 0 Å². The lowest BCUT2D eigenvalue weighted by atomic mass is 10.1. The number of hydrogen-bond donors (Lipinski definition) is 2. The van der Waals surface area contributed by atoms with Crippen LogP contribution in [0.15, 0.2) is 4.99 Å². The number of likely N-dealkylation sites (tertiary alicyclic amines) is 1. The minimum Gasteiger partial charge on any atom is -0.444 e. The first-order valence-corrected chi connectivity index (χ1v) is 7.38. The number of nitrogens with two attached hydrogens (primary N) is 1. The average Bonchev–Trinajstić information content (AvgIpc) is 3.00. The van der Waals surface area contributed by atoms with Crippen molar-refractivity contribution in [3.8, 4) is 0 Å². The Morgan fingerprint density at radius 2 is 2.05 bits per heavy atom. The zero-order valence-corrected chi connectivity index (χ0v) is 15.4. The van der Waals surface area contributed by atoms with Crippen molar-refractivity contribution in [1.29, 1.82) is 0 Å². The molecule has 2 rings (SSSR count). The Kier molecular flexibility index (Phi) is 6.55. The van der Waals surface area contributed by atoms with Crippen LogP contribution in [0.3, 0.4) is 0 Å². The van der Waals surface area contributed by atoms with Crippen molar-refractivity contribution in [2.24, 2.45) is 16.6 Å². The van der Waals surface area contributed by atoms with Gasteiger partial charge in [-0.05, 0) is 46.0 Å². The first-order chi connectivity index (χ1) is 9.33. The van der Waals surface area contributed by atoms with E-state index in [9.17, 15) is 4.79 Å². The van der Waals surface area contributed by atoms with Gasteiger partial charge in [-0.2, -0.15) is 0 Å². The molecule has 0 radical (unpaired) electrons. The first-order valence-electron chi connectivity index (χ1n) is 7.38. The van der Waals surface area contributed by atoms with Crippen LogP contribution in [0, 0.1) is 5.92 Å². The number of nitrogens with one attached hydrogen (secondary N) is 1. The lowest BCUT2D eigenvalue weighted by molar-refractivity contribution is 0.0289. The Morgan fingerprint density at radius 1 is 1.38 bits per heavy atom. The van der Waals surface area contributed by atoms with Gasteiger partial charge in [-0.25, -0.2) is 4.79 Å². The number of rotatable bonds is 3. The number of ether oxygens (including phenoxy) is 1. The molecule has 122 valence electrons. The van der Waals surface area contributed by atoms with Crippen LogP contribution in [-0.4, -0.2) is 48.2 Å². The summed E-state index contributed by atoms with van der Waals surface area (Å²) in [5.74, 6) is 0.908. The van der Waals surface area contributed by atoms with Crippen LogP contribution in [-0.2, 0) is 4.74 Å². The van der Waals surface area contributed by atoms with Crippen molar-refractivity contribution < 1.29 is 9.53 Å². The van der Waals surface area contributed by atoms with Crippen LogP contribution in [0.2, 0.25) is 0 Å². The Balaban J connectivity index is 0.00000220. The van der Waals surface area contributed by atoms with Gasteiger partial charge in [0, 0.05) is 25.7 Å². The molecule has 7 heteroatoms. The molecule has 1 amide bonds.